The lowest BCUT2D eigenvalue weighted by Crippen LogP contribution is -2.37. The molecular weight excluding hydrogens is 514 g/mol. The molecule has 11 nitrogen and oxygen atoms in total. The van der Waals surface area contributed by atoms with Gasteiger partial charge in [-0.1, -0.05) is 5.92 Å². The molecule has 0 bridgehead atoms. The van der Waals surface area contributed by atoms with E-state index >= 15 is 0 Å². The SMILES string of the molecule is COc1cc(C#Cc2nn([C@H]3CCN(C(=O)OC(C)(C)C)C3)c(N(C)C(=O)OC(C)(C)C)c2C#N)cc(OC)c1. The van der Waals surface area contributed by atoms with Gasteiger partial charge in [0.25, 0.3) is 0 Å². The Morgan fingerprint density at radius 1 is 1.00 bits per heavy atom. The smallest absolute Gasteiger partial charge is 0.415 e. The van der Waals surface area contributed by atoms with Crippen LogP contribution in [0.2, 0.25) is 0 Å². The van der Waals surface area contributed by atoms with Crippen LogP contribution >= 0.6 is 0 Å². The molecule has 214 valence electrons. The lowest BCUT2D eigenvalue weighted by molar-refractivity contribution is 0.0287. The van der Waals surface area contributed by atoms with Crippen molar-refractivity contribution in [2.45, 2.75) is 65.2 Å². The van der Waals surface area contributed by atoms with E-state index in [4.69, 9.17) is 18.9 Å². The molecule has 0 N–H and O–H groups in total. The van der Waals surface area contributed by atoms with Gasteiger partial charge in [0.2, 0.25) is 0 Å². The molecule has 1 aliphatic rings. The number of nitrogens with zero attached hydrogens (tertiary/aromatic N) is 5. The first kappa shape index (κ1) is 30.2. The number of hydrogen-bond donors (Lipinski definition) is 0. The molecule has 2 aromatic rings. The minimum atomic E-state index is -0.752. The van der Waals surface area contributed by atoms with Crippen LogP contribution in [0.4, 0.5) is 15.4 Å². The maximum atomic E-state index is 13.1. The third-order valence-corrected chi connectivity index (χ3v) is 5.82. The number of methoxy groups -OCH3 is 2. The number of carbonyl (C=O) groups is 2. The molecule has 0 unspecified atom stereocenters. The molecule has 1 saturated heterocycles. The van der Waals surface area contributed by atoms with Gasteiger partial charge in [0, 0.05) is 31.8 Å². The van der Waals surface area contributed by atoms with Crippen LogP contribution in [-0.2, 0) is 9.47 Å². The molecule has 3 rings (SSSR count). The standard InChI is InChI=1S/C29H37N5O6/c1-28(2,3)39-26(35)32(7)25-23(17-30)24(11-10-19-14-21(37-8)16-22(15-19)38-9)31-34(25)20-12-13-33(18-20)27(36)40-29(4,5)6/h14-16,20H,12-13,18H2,1-9H3/t20-/m0/s1. The first-order chi connectivity index (χ1) is 18.7. The number of carbonyl (C=O) groups excluding carboxylic acids is 2. The number of aromatic nitrogens is 2. The first-order valence-electron chi connectivity index (χ1n) is 12.9. The Morgan fingerprint density at radius 2 is 1.60 bits per heavy atom. The molecular formula is C29H37N5O6. The van der Waals surface area contributed by atoms with E-state index in [1.807, 2.05) is 20.8 Å². The highest BCUT2D eigenvalue weighted by Gasteiger charge is 2.36. The topological polar surface area (TPSA) is 119 Å². The van der Waals surface area contributed by atoms with Gasteiger partial charge < -0.3 is 23.8 Å². The average Bonchev–Trinajstić information content (AvgIpc) is 3.49. The van der Waals surface area contributed by atoms with E-state index < -0.39 is 23.4 Å². The van der Waals surface area contributed by atoms with Crippen molar-refractivity contribution in [3.63, 3.8) is 0 Å². The van der Waals surface area contributed by atoms with Crippen molar-refractivity contribution in [3.05, 3.63) is 35.0 Å². The Morgan fingerprint density at radius 3 is 2.12 bits per heavy atom. The summed E-state index contributed by atoms with van der Waals surface area (Å²) in [4.78, 5) is 28.6. The molecule has 0 spiro atoms. The second-order valence-corrected chi connectivity index (χ2v) is 11.4. The molecule has 0 saturated carbocycles. The molecule has 2 heterocycles. The van der Waals surface area contributed by atoms with Crippen molar-refractivity contribution >= 4 is 18.0 Å². The summed E-state index contributed by atoms with van der Waals surface area (Å²) in [6.07, 6.45) is -0.540. The lowest BCUT2D eigenvalue weighted by Gasteiger charge is -2.26. The number of ether oxygens (including phenoxy) is 4. The van der Waals surface area contributed by atoms with Gasteiger partial charge in [0.05, 0.1) is 20.3 Å². The Labute approximate surface area is 235 Å². The minimum absolute atomic E-state index is 0.117. The van der Waals surface area contributed by atoms with Gasteiger partial charge in [-0.2, -0.15) is 10.4 Å². The fourth-order valence-corrected chi connectivity index (χ4v) is 4.05. The van der Waals surface area contributed by atoms with Crippen LogP contribution in [-0.4, -0.2) is 72.4 Å². The summed E-state index contributed by atoms with van der Waals surface area (Å²) in [7, 11) is 4.61. The van der Waals surface area contributed by atoms with Gasteiger partial charge in [-0.15, -0.1) is 0 Å². The highest BCUT2D eigenvalue weighted by Crippen LogP contribution is 2.32. The van der Waals surface area contributed by atoms with Crippen molar-refractivity contribution in [2.24, 2.45) is 0 Å². The molecule has 0 radical (unpaired) electrons. The van der Waals surface area contributed by atoms with Crippen molar-refractivity contribution < 1.29 is 28.5 Å². The van der Waals surface area contributed by atoms with E-state index in [0.29, 0.717) is 30.0 Å². The molecule has 40 heavy (non-hydrogen) atoms. The summed E-state index contributed by atoms with van der Waals surface area (Å²) in [5, 5.41) is 14.8. The third kappa shape index (κ3) is 7.38. The van der Waals surface area contributed by atoms with E-state index in [9.17, 15) is 14.9 Å². The Balaban J connectivity index is 2.07. The minimum Gasteiger partial charge on any atom is -0.497 e. The van der Waals surface area contributed by atoms with Crippen molar-refractivity contribution in [3.8, 4) is 29.4 Å². The maximum Gasteiger partial charge on any atom is 0.415 e. The molecule has 1 aliphatic heterocycles. The van der Waals surface area contributed by atoms with Gasteiger partial charge in [-0.25, -0.2) is 14.3 Å². The van der Waals surface area contributed by atoms with Gasteiger partial charge in [0.1, 0.15) is 34.3 Å². The largest absolute Gasteiger partial charge is 0.497 e. The van der Waals surface area contributed by atoms with Crippen LogP contribution in [0.3, 0.4) is 0 Å². The van der Waals surface area contributed by atoms with Crippen molar-refractivity contribution in [1.82, 2.24) is 14.7 Å². The summed E-state index contributed by atoms with van der Waals surface area (Å²) < 4.78 is 23.3. The van der Waals surface area contributed by atoms with Gasteiger partial charge in [-0.3, -0.25) is 4.90 Å². The zero-order valence-corrected chi connectivity index (χ0v) is 24.6. The summed E-state index contributed by atoms with van der Waals surface area (Å²) in [5.74, 6) is 7.36. The predicted octanol–water partition coefficient (Wildman–Crippen LogP) is 4.72. The van der Waals surface area contributed by atoms with Crippen molar-refractivity contribution in [1.29, 1.82) is 5.26 Å². The van der Waals surface area contributed by atoms with Crippen molar-refractivity contribution in [2.75, 3.05) is 39.3 Å². The van der Waals surface area contributed by atoms with Gasteiger partial charge in [-0.05, 0) is 66.0 Å². The summed E-state index contributed by atoms with van der Waals surface area (Å²) in [6.45, 7) is 11.4. The first-order valence-corrected chi connectivity index (χ1v) is 12.9. The Hall–Kier alpha value is -4.38. The number of hydrogen-bond acceptors (Lipinski definition) is 8. The van der Waals surface area contributed by atoms with Crippen LogP contribution in [0.25, 0.3) is 0 Å². The molecule has 1 aromatic carbocycles. The van der Waals surface area contributed by atoms with Crippen LogP contribution in [0, 0.1) is 23.2 Å². The number of anilines is 1. The zero-order chi connectivity index (χ0) is 29.8. The quantitative estimate of drug-likeness (QED) is 0.501. The maximum absolute atomic E-state index is 13.1. The van der Waals surface area contributed by atoms with Crippen LogP contribution in [0.15, 0.2) is 18.2 Å². The molecule has 1 aromatic heterocycles. The number of benzene rings is 1. The molecule has 1 atom stereocenters. The van der Waals surface area contributed by atoms with E-state index in [2.05, 4.69) is 23.0 Å². The third-order valence-electron chi connectivity index (χ3n) is 5.82. The van der Waals surface area contributed by atoms with Crippen LogP contribution < -0.4 is 14.4 Å². The average molecular weight is 552 g/mol. The fourth-order valence-electron chi connectivity index (χ4n) is 4.05. The number of nitriles is 1. The Kier molecular flexibility index (Phi) is 8.89. The predicted molar refractivity (Wildman–Crippen MR) is 149 cm³/mol. The van der Waals surface area contributed by atoms with E-state index in [1.165, 1.54) is 11.9 Å². The Bertz CT molecular complexity index is 1340. The second-order valence-electron chi connectivity index (χ2n) is 11.4. The summed E-state index contributed by atoms with van der Waals surface area (Å²) in [6, 6.07) is 7.04. The number of amides is 2. The molecule has 0 aliphatic carbocycles. The highest BCUT2D eigenvalue weighted by molar-refractivity contribution is 5.88. The van der Waals surface area contributed by atoms with Crippen LogP contribution in [0.5, 0.6) is 11.5 Å². The fraction of sp³-hybridized carbons (Fsp3) is 0.517. The normalized spacial score (nSPS) is 15.0. The summed E-state index contributed by atoms with van der Waals surface area (Å²) in [5.41, 5.74) is -0.494. The molecule has 2 amide bonds. The second kappa shape index (κ2) is 11.8. The lowest BCUT2D eigenvalue weighted by atomic mass is 10.1. The van der Waals surface area contributed by atoms with E-state index in [1.54, 1.807) is 62.8 Å². The van der Waals surface area contributed by atoms with Crippen LogP contribution in [0.1, 0.15) is 70.8 Å². The summed E-state index contributed by atoms with van der Waals surface area (Å²) >= 11 is 0. The van der Waals surface area contributed by atoms with Gasteiger partial charge >= 0.3 is 12.2 Å². The zero-order valence-electron chi connectivity index (χ0n) is 24.6. The highest BCUT2D eigenvalue weighted by atomic mass is 16.6. The molecule has 1 fully saturated rings. The monoisotopic (exact) mass is 551 g/mol. The number of likely N-dealkylation sites (tertiary alicyclic amines) is 1. The van der Waals surface area contributed by atoms with Gasteiger partial charge in [0.15, 0.2) is 11.5 Å². The van der Waals surface area contributed by atoms with E-state index in [-0.39, 0.29) is 29.7 Å². The van der Waals surface area contributed by atoms with E-state index in [0.717, 1.165) is 0 Å². The molecule has 11 heteroatoms. The number of rotatable bonds is 4.